The molecule has 0 spiro atoms. The maximum Gasteiger partial charge on any atom is 0.268 e. The molecule has 2 N–H and O–H groups in total. The molecular weight excluding hydrogens is 744 g/mol. The lowest BCUT2D eigenvalue weighted by molar-refractivity contribution is -0.870. The summed E-state index contributed by atoms with van der Waals surface area (Å²) in [5.74, 6) is -0.164. The second kappa shape index (κ2) is 41.8. The number of likely N-dealkylation sites (N-methyl/N-ethyl adjacent to an activating group) is 1. The summed E-state index contributed by atoms with van der Waals surface area (Å²) in [6, 6.07) is -0.792. The molecule has 0 aliphatic carbocycles. The highest BCUT2D eigenvalue weighted by atomic mass is 31.2. The molecule has 8 nitrogen and oxygen atoms in total. The van der Waals surface area contributed by atoms with Crippen LogP contribution in [-0.2, 0) is 18.4 Å². The van der Waals surface area contributed by atoms with Crippen molar-refractivity contribution in [1.29, 1.82) is 0 Å². The smallest absolute Gasteiger partial charge is 0.268 e. The minimum atomic E-state index is -4.56. The zero-order valence-electron chi connectivity index (χ0n) is 39.5. The van der Waals surface area contributed by atoms with Crippen LogP contribution >= 0.6 is 7.82 Å². The van der Waals surface area contributed by atoms with E-state index in [1.165, 1.54) is 193 Å². The van der Waals surface area contributed by atoms with Crippen molar-refractivity contribution < 1.29 is 32.9 Å². The Balaban J connectivity index is 4.02. The van der Waals surface area contributed by atoms with Crippen molar-refractivity contribution in [3.8, 4) is 0 Å². The van der Waals surface area contributed by atoms with E-state index in [0.717, 1.165) is 38.5 Å². The van der Waals surface area contributed by atoms with Crippen LogP contribution < -0.4 is 10.2 Å². The fraction of sp³-hybridized carbons (Fsp3) is 0.980. The first-order valence-electron chi connectivity index (χ1n) is 25.4. The molecule has 0 saturated heterocycles. The molecule has 0 saturated carbocycles. The van der Waals surface area contributed by atoms with E-state index in [-0.39, 0.29) is 19.1 Å². The van der Waals surface area contributed by atoms with Gasteiger partial charge in [-0.3, -0.25) is 9.36 Å². The zero-order chi connectivity index (χ0) is 42.8. The predicted octanol–water partition coefficient (Wildman–Crippen LogP) is 13.9. The summed E-state index contributed by atoms with van der Waals surface area (Å²) in [6.07, 6.45) is 47.1. The lowest BCUT2D eigenvalue weighted by Crippen LogP contribution is -2.46. The number of amides is 1. The Kier molecular flexibility index (Phi) is 41.5. The third kappa shape index (κ3) is 43.6. The molecule has 348 valence electrons. The Morgan fingerprint density at radius 2 is 0.845 bits per heavy atom. The molecule has 0 aliphatic rings. The minimum absolute atomic E-state index is 0.0159. The van der Waals surface area contributed by atoms with Gasteiger partial charge in [0.05, 0.1) is 39.9 Å². The number of quaternary nitrogens is 1. The maximum atomic E-state index is 12.8. The Hall–Kier alpha value is -0.500. The van der Waals surface area contributed by atoms with Gasteiger partial charge < -0.3 is 28.8 Å². The summed E-state index contributed by atoms with van der Waals surface area (Å²) in [6.45, 7) is 4.73. The van der Waals surface area contributed by atoms with E-state index < -0.39 is 20.0 Å². The summed E-state index contributed by atoms with van der Waals surface area (Å²) in [4.78, 5) is 25.3. The Bertz CT molecular complexity index is 916. The number of aliphatic hydroxyl groups excluding tert-OH is 1. The first-order chi connectivity index (χ1) is 28.0. The SMILES string of the molecule is CCCCCCCCCCCCCCCCCCCCCCCCCCCCCC(O)C(COP(=O)([O-])OCC[N+](C)(C)C)NC(=O)CCCCCCCCCCC. The fourth-order valence-corrected chi connectivity index (χ4v) is 8.53. The summed E-state index contributed by atoms with van der Waals surface area (Å²) < 4.78 is 23.3. The fourth-order valence-electron chi connectivity index (χ4n) is 7.81. The van der Waals surface area contributed by atoms with Crippen molar-refractivity contribution >= 4 is 13.7 Å². The molecule has 0 heterocycles. The van der Waals surface area contributed by atoms with Crippen molar-refractivity contribution in [2.45, 2.75) is 270 Å². The maximum absolute atomic E-state index is 12.8. The molecule has 0 aromatic heterocycles. The number of carbonyl (C=O) groups excluding carboxylic acids is 1. The number of rotatable bonds is 47. The number of aliphatic hydroxyl groups is 1. The lowest BCUT2D eigenvalue weighted by atomic mass is 10.0. The van der Waals surface area contributed by atoms with Gasteiger partial charge in [0.1, 0.15) is 13.2 Å². The van der Waals surface area contributed by atoms with Crippen LogP contribution in [0.25, 0.3) is 0 Å². The Morgan fingerprint density at radius 3 is 1.17 bits per heavy atom. The molecule has 0 aromatic rings. The van der Waals surface area contributed by atoms with Crippen LogP contribution in [0.3, 0.4) is 0 Å². The van der Waals surface area contributed by atoms with Gasteiger partial charge in [-0.15, -0.1) is 0 Å². The van der Waals surface area contributed by atoms with Crippen LogP contribution in [0.5, 0.6) is 0 Å². The number of phosphoric acid groups is 1. The highest BCUT2D eigenvalue weighted by molar-refractivity contribution is 7.45. The number of carbonyl (C=O) groups is 1. The van der Waals surface area contributed by atoms with E-state index in [9.17, 15) is 19.4 Å². The molecule has 0 rings (SSSR count). The van der Waals surface area contributed by atoms with Crippen molar-refractivity contribution in [1.82, 2.24) is 5.32 Å². The van der Waals surface area contributed by atoms with Gasteiger partial charge in [0.15, 0.2) is 0 Å². The monoisotopic (exact) mass is 845 g/mol. The molecule has 9 heteroatoms. The van der Waals surface area contributed by atoms with Gasteiger partial charge in [-0.1, -0.05) is 239 Å². The van der Waals surface area contributed by atoms with E-state index in [4.69, 9.17) is 9.05 Å². The van der Waals surface area contributed by atoms with E-state index in [1.807, 2.05) is 21.1 Å². The average molecular weight is 845 g/mol. The van der Waals surface area contributed by atoms with Crippen LogP contribution in [0, 0.1) is 0 Å². The van der Waals surface area contributed by atoms with E-state index in [2.05, 4.69) is 19.2 Å². The Labute approximate surface area is 361 Å². The molecule has 1 amide bonds. The molecular formula is C49H101N2O6P. The number of hydrogen-bond acceptors (Lipinski definition) is 6. The largest absolute Gasteiger partial charge is 0.756 e. The standard InChI is InChI=1S/C49H101N2O6P/c1-6-8-10-12-14-16-17-18-19-20-21-22-23-24-25-26-27-28-29-30-31-32-33-35-36-38-40-42-48(52)47(46-57-58(54,55)56-45-44-51(3,4)5)50-49(53)43-41-39-37-34-15-13-11-9-7-2/h47-48,52H,6-46H2,1-5H3,(H-,50,53,54,55). The first-order valence-corrected chi connectivity index (χ1v) is 26.8. The molecule has 0 fully saturated rings. The van der Waals surface area contributed by atoms with Crippen LogP contribution in [0.4, 0.5) is 0 Å². The quantitative estimate of drug-likeness (QED) is 0.0359. The molecule has 58 heavy (non-hydrogen) atoms. The number of nitrogens with one attached hydrogen (secondary N) is 1. The van der Waals surface area contributed by atoms with Gasteiger partial charge in [0.2, 0.25) is 5.91 Å². The number of hydrogen-bond donors (Lipinski definition) is 2. The van der Waals surface area contributed by atoms with Gasteiger partial charge >= 0.3 is 0 Å². The number of nitrogens with zero attached hydrogens (tertiary/aromatic N) is 1. The average Bonchev–Trinajstić information content (AvgIpc) is 3.17. The summed E-state index contributed by atoms with van der Waals surface area (Å²) in [5, 5.41) is 13.9. The van der Waals surface area contributed by atoms with Crippen molar-refractivity contribution in [3.63, 3.8) is 0 Å². The topological polar surface area (TPSA) is 108 Å². The van der Waals surface area contributed by atoms with Crippen LogP contribution in [-0.4, -0.2) is 68.5 Å². The van der Waals surface area contributed by atoms with Crippen molar-refractivity contribution in [2.75, 3.05) is 40.9 Å². The van der Waals surface area contributed by atoms with E-state index in [1.54, 1.807) is 0 Å². The third-order valence-corrected chi connectivity index (χ3v) is 12.8. The van der Waals surface area contributed by atoms with Gasteiger partial charge in [-0.2, -0.15) is 0 Å². The van der Waals surface area contributed by atoms with Gasteiger partial charge in [0.25, 0.3) is 7.82 Å². The predicted molar refractivity (Wildman–Crippen MR) is 247 cm³/mol. The van der Waals surface area contributed by atoms with Crippen molar-refractivity contribution in [3.05, 3.63) is 0 Å². The molecule has 0 aliphatic heterocycles. The van der Waals surface area contributed by atoms with Crippen LogP contribution in [0.1, 0.15) is 258 Å². The summed E-state index contributed by atoms with van der Waals surface area (Å²) in [7, 11) is 1.32. The molecule has 0 radical (unpaired) electrons. The number of unbranched alkanes of at least 4 members (excludes halogenated alkanes) is 34. The second-order valence-corrected chi connectivity index (χ2v) is 20.3. The molecule has 0 aromatic carbocycles. The van der Waals surface area contributed by atoms with Gasteiger partial charge in [0, 0.05) is 6.42 Å². The van der Waals surface area contributed by atoms with Crippen LogP contribution in [0.15, 0.2) is 0 Å². The molecule has 0 bridgehead atoms. The van der Waals surface area contributed by atoms with Crippen molar-refractivity contribution in [2.24, 2.45) is 0 Å². The molecule has 3 unspecified atom stereocenters. The first kappa shape index (κ1) is 57.5. The lowest BCUT2D eigenvalue weighted by Gasteiger charge is -2.30. The highest BCUT2D eigenvalue weighted by Gasteiger charge is 2.24. The summed E-state index contributed by atoms with van der Waals surface area (Å²) in [5.41, 5.74) is 0. The Morgan fingerprint density at radius 1 is 0.534 bits per heavy atom. The minimum Gasteiger partial charge on any atom is -0.756 e. The van der Waals surface area contributed by atoms with Crippen LogP contribution in [0.2, 0.25) is 0 Å². The normalized spacial score (nSPS) is 14.1. The van der Waals surface area contributed by atoms with Gasteiger partial charge in [-0.05, 0) is 12.8 Å². The second-order valence-electron chi connectivity index (χ2n) is 18.9. The highest BCUT2D eigenvalue weighted by Crippen LogP contribution is 2.38. The van der Waals surface area contributed by atoms with E-state index >= 15 is 0 Å². The third-order valence-electron chi connectivity index (χ3n) is 11.8. The zero-order valence-corrected chi connectivity index (χ0v) is 40.4. The summed E-state index contributed by atoms with van der Waals surface area (Å²) >= 11 is 0. The molecule has 3 atom stereocenters. The van der Waals surface area contributed by atoms with E-state index in [0.29, 0.717) is 23.9 Å². The number of phosphoric ester groups is 1. The van der Waals surface area contributed by atoms with Gasteiger partial charge in [-0.25, -0.2) is 0 Å².